The van der Waals surface area contributed by atoms with Crippen LogP contribution in [-0.2, 0) is 20.1 Å². The van der Waals surface area contributed by atoms with Gasteiger partial charge in [0.05, 0.1) is 19.2 Å². The van der Waals surface area contributed by atoms with Gasteiger partial charge in [-0.15, -0.1) is 0 Å². The van der Waals surface area contributed by atoms with Gasteiger partial charge in [0.25, 0.3) is 5.56 Å². The van der Waals surface area contributed by atoms with Gasteiger partial charge in [0.1, 0.15) is 0 Å². The summed E-state index contributed by atoms with van der Waals surface area (Å²) in [5.41, 5.74) is 1.85. The SMILES string of the molecule is CC(O)CSc1nc2c(c(=O)n(Cc3ccccc3)c(=O)n2C)n1Cc1ccccc1. The summed E-state index contributed by atoms with van der Waals surface area (Å²) in [6.07, 6.45) is -0.520. The fourth-order valence-electron chi connectivity index (χ4n) is 3.48. The maximum absolute atomic E-state index is 13.5. The summed E-state index contributed by atoms with van der Waals surface area (Å²) in [7, 11) is 1.63. The molecule has 2 aromatic heterocycles. The summed E-state index contributed by atoms with van der Waals surface area (Å²) in [5, 5.41) is 10.4. The molecule has 0 radical (unpaired) electrons. The van der Waals surface area contributed by atoms with Gasteiger partial charge in [-0.05, 0) is 18.1 Å². The zero-order valence-electron chi connectivity index (χ0n) is 17.4. The fraction of sp³-hybridized carbons (Fsp3) is 0.261. The highest BCUT2D eigenvalue weighted by atomic mass is 32.2. The molecule has 1 N–H and O–H groups in total. The van der Waals surface area contributed by atoms with Crippen molar-refractivity contribution in [1.29, 1.82) is 0 Å². The van der Waals surface area contributed by atoms with Crippen molar-refractivity contribution in [2.45, 2.75) is 31.3 Å². The van der Waals surface area contributed by atoms with Crippen molar-refractivity contribution in [2.75, 3.05) is 5.75 Å². The Bertz CT molecular complexity index is 1310. The van der Waals surface area contributed by atoms with Gasteiger partial charge in [0.15, 0.2) is 16.3 Å². The first kappa shape index (κ1) is 21.1. The van der Waals surface area contributed by atoms with Crippen LogP contribution < -0.4 is 11.2 Å². The van der Waals surface area contributed by atoms with E-state index in [0.717, 1.165) is 11.1 Å². The van der Waals surface area contributed by atoms with Crippen LogP contribution >= 0.6 is 11.8 Å². The Balaban J connectivity index is 1.91. The van der Waals surface area contributed by atoms with Crippen molar-refractivity contribution < 1.29 is 5.11 Å². The van der Waals surface area contributed by atoms with Gasteiger partial charge < -0.3 is 9.67 Å². The highest BCUT2D eigenvalue weighted by Crippen LogP contribution is 2.23. The number of hydrogen-bond acceptors (Lipinski definition) is 5. The molecule has 0 aliphatic carbocycles. The van der Waals surface area contributed by atoms with Crippen molar-refractivity contribution in [2.24, 2.45) is 7.05 Å². The smallest absolute Gasteiger partial charge is 0.332 e. The van der Waals surface area contributed by atoms with Crippen LogP contribution in [0.4, 0.5) is 0 Å². The average molecular weight is 437 g/mol. The maximum atomic E-state index is 13.5. The van der Waals surface area contributed by atoms with Crippen LogP contribution in [0.3, 0.4) is 0 Å². The third kappa shape index (κ3) is 4.35. The number of thioether (sulfide) groups is 1. The zero-order valence-corrected chi connectivity index (χ0v) is 18.2. The van der Waals surface area contributed by atoms with E-state index in [1.807, 2.05) is 65.2 Å². The van der Waals surface area contributed by atoms with E-state index in [1.165, 1.54) is 20.9 Å². The summed E-state index contributed by atoms with van der Waals surface area (Å²) in [4.78, 5) is 31.1. The lowest BCUT2D eigenvalue weighted by Gasteiger charge is -2.11. The van der Waals surface area contributed by atoms with Crippen LogP contribution in [0.25, 0.3) is 11.2 Å². The van der Waals surface area contributed by atoms with E-state index in [9.17, 15) is 14.7 Å². The minimum absolute atomic E-state index is 0.189. The predicted molar refractivity (Wildman–Crippen MR) is 123 cm³/mol. The predicted octanol–water partition coefficient (Wildman–Crippen LogP) is 2.47. The molecule has 7 nitrogen and oxygen atoms in total. The number of fused-ring (bicyclic) bond motifs is 1. The Morgan fingerprint density at radius 1 is 0.935 bits per heavy atom. The number of imidazole rings is 1. The highest BCUT2D eigenvalue weighted by molar-refractivity contribution is 7.99. The lowest BCUT2D eigenvalue weighted by atomic mass is 10.2. The number of benzene rings is 2. The van der Waals surface area contributed by atoms with E-state index in [4.69, 9.17) is 0 Å². The van der Waals surface area contributed by atoms with Crippen molar-refractivity contribution in [1.82, 2.24) is 18.7 Å². The molecule has 0 bridgehead atoms. The topological polar surface area (TPSA) is 82.1 Å². The molecule has 4 aromatic rings. The standard InChI is InChI=1S/C23H24N4O3S/c1-16(28)15-31-22-24-20-19(26(22)13-17-9-5-3-6-10-17)21(29)27(23(30)25(20)2)14-18-11-7-4-8-12-18/h3-12,16,28H,13-15H2,1-2H3. The van der Waals surface area contributed by atoms with Crippen LogP contribution in [0, 0.1) is 0 Å². The number of aliphatic hydroxyl groups is 1. The molecule has 0 spiro atoms. The first-order valence-corrected chi connectivity index (χ1v) is 11.0. The van der Waals surface area contributed by atoms with Gasteiger partial charge in [-0.2, -0.15) is 0 Å². The van der Waals surface area contributed by atoms with Crippen LogP contribution in [-0.4, -0.2) is 35.6 Å². The van der Waals surface area contributed by atoms with Crippen molar-refractivity contribution in [3.05, 3.63) is 92.6 Å². The number of nitrogens with zero attached hydrogens (tertiary/aromatic N) is 4. The van der Waals surface area contributed by atoms with E-state index in [1.54, 1.807) is 14.0 Å². The Hall–Kier alpha value is -3.10. The highest BCUT2D eigenvalue weighted by Gasteiger charge is 2.21. The number of hydrogen-bond donors (Lipinski definition) is 1. The second-order valence-corrected chi connectivity index (χ2v) is 8.50. The van der Waals surface area contributed by atoms with Gasteiger partial charge in [-0.3, -0.25) is 13.9 Å². The molecular formula is C23H24N4O3S. The zero-order chi connectivity index (χ0) is 22.0. The Kier molecular flexibility index (Phi) is 6.11. The monoisotopic (exact) mass is 436 g/mol. The van der Waals surface area contributed by atoms with Gasteiger partial charge in [-0.1, -0.05) is 72.4 Å². The fourth-order valence-corrected chi connectivity index (χ4v) is 4.33. The molecule has 0 amide bonds. The van der Waals surface area contributed by atoms with Crippen LogP contribution in [0.1, 0.15) is 18.1 Å². The molecule has 2 aromatic carbocycles. The number of aromatic nitrogens is 4. The second kappa shape index (κ2) is 8.95. The van der Waals surface area contributed by atoms with E-state index in [2.05, 4.69) is 4.98 Å². The minimum atomic E-state index is -0.520. The second-order valence-electron chi connectivity index (χ2n) is 7.52. The molecule has 1 unspecified atom stereocenters. The van der Waals surface area contributed by atoms with Gasteiger partial charge in [-0.25, -0.2) is 9.78 Å². The lowest BCUT2D eigenvalue weighted by Crippen LogP contribution is -2.40. The van der Waals surface area contributed by atoms with E-state index >= 15 is 0 Å². The van der Waals surface area contributed by atoms with E-state index in [-0.39, 0.29) is 12.1 Å². The average Bonchev–Trinajstić information content (AvgIpc) is 3.13. The first-order chi connectivity index (χ1) is 15.0. The van der Waals surface area contributed by atoms with Crippen molar-refractivity contribution in [3.63, 3.8) is 0 Å². The van der Waals surface area contributed by atoms with Crippen LogP contribution in [0.5, 0.6) is 0 Å². The first-order valence-electron chi connectivity index (χ1n) is 10.0. The summed E-state index contributed by atoms with van der Waals surface area (Å²) in [6.45, 7) is 2.34. The summed E-state index contributed by atoms with van der Waals surface area (Å²) >= 11 is 1.37. The molecule has 8 heteroatoms. The molecule has 0 saturated heterocycles. The Labute approximate surface area is 183 Å². The normalized spacial score (nSPS) is 12.4. The molecule has 0 aliphatic heterocycles. The summed E-state index contributed by atoms with van der Waals surface area (Å²) in [5.74, 6) is 0.435. The molecule has 4 rings (SSSR count). The molecular weight excluding hydrogens is 412 g/mol. The van der Waals surface area contributed by atoms with E-state index < -0.39 is 11.8 Å². The van der Waals surface area contributed by atoms with Crippen LogP contribution in [0.15, 0.2) is 75.4 Å². The quantitative estimate of drug-likeness (QED) is 0.450. The Morgan fingerprint density at radius 2 is 1.48 bits per heavy atom. The van der Waals surface area contributed by atoms with Crippen LogP contribution in [0.2, 0.25) is 0 Å². The summed E-state index contributed by atoms with van der Waals surface area (Å²) in [6, 6.07) is 19.2. The number of aryl methyl sites for hydroxylation is 1. The molecule has 1 atom stereocenters. The Morgan fingerprint density at radius 3 is 2.03 bits per heavy atom. The van der Waals surface area contributed by atoms with Crippen molar-refractivity contribution >= 4 is 22.9 Å². The summed E-state index contributed by atoms with van der Waals surface area (Å²) < 4.78 is 4.53. The van der Waals surface area contributed by atoms with E-state index in [0.29, 0.717) is 28.6 Å². The largest absolute Gasteiger partial charge is 0.393 e. The third-order valence-electron chi connectivity index (χ3n) is 5.02. The van der Waals surface area contributed by atoms with Gasteiger partial charge in [0, 0.05) is 12.8 Å². The molecule has 160 valence electrons. The molecule has 0 fully saturated rings. The minimum Gasteiger partial charge on any atom is -0.393 e. The molecule has 31 heavy (non-hydrogen) atoms. The van der Waals surface area contributed by atoms with Gasteiger partial charge >= 0.3 is 5.69 Å². The van der Waals surface area contributed by atoms with Crippen molar-refractivity contribution in [3.8, 4) is 0 Å². The molecule has 2 heterocycles. The third-order valence-corrected chi connectivity index (χ3v) is 6.24. The molecule has 0 saturated carbocycles. The number of rotatable bonds is 7. The molecule has 0 aliphatic rings. The number of aliphatic hydroxyl groups excluding tert-OH is 1. The lowest BCUT2D eigenvalue weighted by molar-refractivity contribution is 0.220. The van der Waals surface area contributed by atoms with Gasteiger partial charge in [0.2, 0.25) is 0 Å². The maximum Gasteiger partial charge on any atom is 0.332 e.